The van der Waals surface area contributed by atoms with E-state index < -0.39 is 12.0 Å². The van der Waals surface area contributed by atoms with Crippen LogP contribution in [-0.4, -0.2) is 36.3 Å². The molecule has 0 radical (unpaired) electrons. The Kier molecular flexibility index (Phi) is 6.23. The van der Waals surface area contributed by atoms with E-state index in [0.29, 0.717) is 22.5 Å². The van der Waals surface area contributed by atoms with E-state index in [2.05, 4.69) is 16.0 Å². The topological polar surface area (TPSA) is 114 Å². The molecule has 1 atom stereocenters. The van der Waals surface area contributed by atoms with Crippen LogP contribution >= 0.6 is 0 Å². The molecule has 1 aliphatic rings. The van der Waals surface area contributed by atoms with Crippen LogP contribution in [0.4, 0.5) is 11.4 Å². The minimum atomic E-state index is -0.813. The quantitative estimate of drug-likeness (QED) is 0.650. The van der Waals surface area contributed by atoms with E-state index in [1.807, 2.05) is 0 Å². The first-order valence-electron chi connectivity index (χ1n) is 9.25. The number of amides is 3. The molecule has 8 heteroatoms. The van der Waals surface area contributed by atoms with Crippen LogP contribution in [0.15, 0.2) is 48.5 Å². The van der Waals surface area contributed by atoms with Crippen LogP contribution in [0.25, 0.3) is 0 Å². The lowest BCUT2D eigenvalue weighted by Crippen LogP contribution is -2.41. The Morgan fingerprint density at radius 3 is 2.52 bits per heavy atom. The molecule has 1 aliphatic heterocycles. The molecule has 1 unspecified atom stereocenters. The lowest BCUT2D eigenvalue weighted by atomic mass is 10.1. The summed E-state index contributed by atoms with van der Waals surface area (Å²) in [5.74, 6) is -1.46. The first-order chi connectivity index (χ1) is 14.0. The average Bonchev–Trinajstić information content (AvgIpc) is 2.83. The minimum Gasteiger partial charge on any atom is -0.462 e. The maximum Gasteiger partial charge on any atom is 0.338 e. The van der Waals surface area contributed by atoms with Crippen LogP contribution in [0, 0.1) is 0 Å². The molecule has 2 aromatic rings. The van der Waals surface area contributed by atoms with Crippen LogP contribution in [0.1, 0.15) is 40.5 Å². The fraction of sp³-hybridized carbons (Fsp3) is 0.238. The Labute approximate surface area is 167 Å². The molecule has 0 saturated carbocycles. The van der Waals surface area contributed by atoms with Gasteiger partial charge in [-0.15, -0.1) is 0 Å². The summed E-state index contributed by atoms with van der Waals surface area (Å²) in [6.45, 7) is 2.01. The van der Waals surface area contributed by atoms with Gasteiger partial charge in [-0.2, -0.15) is 0 Å². The number of esters is 1. The molecule has 0 aliphatic carbocycles. The summed E-state index contributed by atoms with van der Waals surface area (Å²) < 4.78 is 4.91. The molecule has 150 valence electrons. The van der Waals surface area contributed by atoms with Crippen molar-refractivity contribution < 1.29 is 23.9 Å². The highest BCUT2D eigenvalue weighted by Crippen LogP contribution is 2.19. The van der Waals surface area contributed by atoms with E-state index in [0.717, 1.165) is 0 Å². The molecule has 3 amide bonds. The standard InChI is InChI=1S/C21H21N3O5/c1-2-29-21(28)13-7-9-14(10-8-13)22-18(25)12-11-17-20(27)23-16-6-4-3-5-15(16)19(26)24-17/h3-10,17H,2,11-12H2,1H3,(H,22,25)(H,23,27)(H,24,26). The van der Waals surface area contributed by atoms with Crippen molar-refractivity contribution in [3.05, 3.63) is 59.7 Å². The van der Waals surface area contributed by atoms with Gasteiger partial charge in [0.1, 0.15) is 6.04 Å². The molecule has 0 aromatic heterocycles. The van der Waals surface area contributed by atoms with Crippen LogP contribution < -0.4 is 16.0 Å². The van der Waals surface area contributed by atoms with Crippen LogP contribution in [0.3, 0.4) is 0 Å². The summed E-state index contributed by atoms with van der Waals surface area (Å²) in [4.78, 5) is 48.5. The van der Waals surface area contributed by atoms with E-state index in [1.165, 1.54) is 0 Å². The van der Waals surface area contributed by atoms with Gasteiger partial charge in [-0.05, 0) is 49.7 Å². The number of carbonyl (C=O) groups is 4. The van der Waals surface area contributed by atoms with Gasteiger partial charge in [0.05, 0.1) is 23.4 Å². The molecule has 1 heterocycles. The summed E-state index contributed by atoms with van der Waals surface area (Å²) in [5, 5.41) is 8.06. The fourth-order valence-electron chi connectivity index (χ4n) is 2.92. The van der Waals surface area contributed by atoms with Crippen LogP contribution in [0.5, 0.6) is 0 Å². The van der Waals surface area contributed by atoms with Crippen LogP contribution in [0.2, 0.25) is 0 Å². The predicted molar refractivity (Wildman–Crippen MR) is 107 cm³/mol. The smallest absolute Gasteiger partial charge is 0.338 e. The van der Waals surface area contributed by atoms with Gasteiger partial charge in [0.25, 0.3) is 5.91 Å². The highest BCUT2D eigenvalue weighted by Gasteiger charge is 2.27. The van der Waals surface area contributed by atoms with Gasteiger partial charge in [0.15, 0.2) is 0 Å². The van der Waals surface area contributed by atoms with Crippen molar-refractivity contribution in [1.29, 1.82) is 0 Å². The number of para-hydroxylation sites is 1. The van der Waals surface area contributed by atoms with Gasteiger partial charge in [0, 0.05) is 12.1 Å². The molecule has 0 saturated heterocycles. The third kappa shape index (κ3) is 4.98. The molecule has 29 heavy (non-hydrogen) atoms. The lowest BCUT2D eigenvalue weighted by molar-refractivity contribution is -0.118. The van der Waals surface area contributed by atoms with Gasteiger partial charge in [0.2, 0.25) is 11.8 Å². The van der Waals surface area contributed by atoms with Gasteiger partial charge >= 0.3 is 5.97 Å². The largest absolute Gasteiger partial charge is 0.462 e. The zero-order chi connectivity index (χ0) is 20.8. The first kappa shape index (κ1) is 20.1. The Hall–Kier alpha value is -3.68. The summed E-state index contributed by atoms with van der Waals surface area (Å²) in [6, 6.07) is 12.2. The van der Waals surface area contributed by atoms with Gasteiger partial charge in [-0.25, -0.2) is 4.79 Å². The van der Waals surface area contributed by atoms with Crippen molar-refractivity contribution in [1.82, 2.24) is 5.32 Å². The highest BCUT2D eigenvalue weighted by molar-refractivity contribution is 6.10. The number of rotatable bonds is 6. The predicted octanol–water partition coefficient (Wildman–Crippen LogP) is 2.33. The number of hydrogen-bond donors (Lipinski definition) is 3. The number of fused-ring (bicyclic) bond motifs is 1. The Balaban J connectivity index is 1.55. The van der Waals surface area contributed by atoms with Crippen molar-refractivity contribution in [3.63, 3.8) is 0 Å². The number of ether oxygens (including phenoxy) is 1. The SMILES string of the molecule is CCOC(=O)c1ccc(NC(=O)CCC2NC(=O)c3ccccc3NC2=O)cc1. The molecule has 3 rings (SSSR count). The van der Waals surface area contributed by atoms with E-state index in [-0.39, 0.29) is 37.2 Å². The molecular formula is C21H21N3O5. The second kappa shape index (κ2) is 9.01. The maximum absolute atomic E-state index is 12.3. The summed E-state index contributed by atoms with van der Waals surface area (Å²) in [7, 11) is 0. The monoisotopic (exact) mass is 395 g/mol. The molecule has 2 aromatic carbocycles. The third-order valence-electron chi connectivity index (χ3n) is 4.39. The average molecular weight is 395 g/mol. The highest BCUT2D eigenvalue weighted by atomic mass is 16.5. The van der Waals surface area contributed by atoms with Gasteiger partial charge in [-0.3, -0.25) is 14.4 Å². The Morgan fingerprint density at radius 2 is 1.79 bits per heavy atom. The second-order valence-corrected chi connectivity index (χ2v) is 6.45. The fourth-order valence-corrected chi connectivity index (χ4v) is 2.92. The van der Waals surface area contributed by atoms with Crippen molar-refractivity contribution >= 4 is 35.1 Å². The Bertz CT molecular complexity index is 940. The number of anilines is 2. The molecular weight excluding hydrogens is 374 g/mol. The van der Waals surface area contributed by atoms with Crippen molar-refractivity contribution in [3.8, 4) is 0 Å². The van der Waals surface area contributed by atoms with E-state index in [1.54, 1.807) is 55.5 Å². The lowest BCUT2D eigenvalue weighted by Gasteiger charge is -2.14. The van der Waals surface area contributed by atoms with E-state index >= 15 is 0 Å². The van der Waals surface area contributed by atoms with Crippen LogP contribution in [-0.2, 0) is 14.3 Å². The Morgan fingerprint density at radius 1 is 1.07 bits per heavy atom. The van der Waals surface area contributed by atoms with Crippen molar-refractivity contribution in [2.24, 2.45) is 0 Å². The summed E-state index contributed by atoms with van der Waals surface area (Å²) in [6.07, 6.45) is 0.187. The maximum atomic E-state index is 12.3. The number of benzene rings is 2. The summed E-state index contributed by atoms with van der Waals surface area (Å²) in [5.41, 5.74) is 1.74. The normalized spacial score (nSPS) is 15.4. The number of hydrogen-bond acceptors (Lipinski definition) is 5. The molecule has 3 N–H and O–H groups in total. The zero-order valence-corrected chi connectivity index (χ0v) is 15.9. The van der Waals surface area contributed by atoms with Crippen molar-refractivity contribution in [2.75, 3.05) is 17.2 Å². The van der Waals surface area contributed by atoms with E-state index in [4.69, 9.17) is 4.74 Å². The van der Waals surface area contributed by atoms with Gasteiger partial charge in [-0.1, -0.05) is 12.1 Å². The van der Waals surface area contributed by atoms with E-state index in [9.17, 15) is 19.2 Å². The molecule has 0 fully saturated rings. The first-order valence-corrected chi connectivity index (χ1v) is 9.25. The molecule has 0 bridgehead atoms. The third-order valence-corrected chi connectivity index (χ3v) is 4.39. The molecule has 8 nitrogen and oxygen atoms in total. The van der Waals surface area contributed by atoms with Gasteiger partial charge < -0.3 is 20.7 Å². The summed E-state index contributed by atoms with van der Waals surface area (Å²) >= 11 is 0. The zero-order valence-electron chi connectivity index (χ0n) is 15.9. The number of nitrogens with one attached hydrogen (secondary N) is 3. The number of carbonyl (C=O) groups excluding carboxylic acids is 4. The minimum absolute atomic E-state index is 0.0361. The molecule has 0 spiro atoms. The second-order valence-electron chi connectivity index (χ2n) is 6.45. The van der Waals surface area contributed by atoms with Crippen molar-refractivity contribution in [2.45, 2.75) is 25.8 Å².